The van der Waals surface area contributed by atoms with Crippen LogP contribution in [0.4, 0.5) is 0 Å². The van der Waals surface area contributed by atoms with Gasteiger partial charge in [-0.15, -0.1) is 11.3 Å². The monoisotopic (exact) mass is 335 g/mol. The van der Waals surface area contributed by atoms with Gasteiger partial charge in [0.2, 0.25) is 0 Å². The zero-order valence-electron chi connectivity index (χ0n) is 13.7. The number of amides is 1. The Morgan fingerprint density at radius 2 is 1.87 bits per heavy atom. The number of hydrogen-bond acceptors (Lipinski definition) is 5. The second kappa shape index (κ2) is 7.99. The lowest BCUT2D eigenvalue weighted by Crippen LogP contribution is -2.28. The van der Waals surface area contributed by atoms with E-state index in [1.54, 1.807) is 50.9 Å². The number of rotatable bonds is 7. The summed E-state index contributed by atoms with van der Waals surface area (Å²) in [6, 6.07) is 9.14. The molecule has 2 rings (SSSR count). The van der Waals surface area contributed by atoms with E-state index in [1.807, 2.05) is 19.1 Å². The molecule has 6 heteroatoms. The number of methoxy groups -OCH3 is 3. The summed E-state index contributed by atoms with van der Waals surface area (Å²) in [5.74, 6) is 0.937. The molecule has 5 nitrogen and oxygen atoms in total. The Labute approximate surface area is 140 Å². The lowest BCUT2D eigenvalue weighted by Gasteiger charge is -2.15. The van der Waals surface area contributed by atoms with Crippen molar-refractivity contribution in [3.05, 3.63) is 45.6 Å². The predicted octanol–water partition coefficient (Wildman–Crippen LogP) is 3.19. The van der Waals surface area contributed by atoms with E-state index in [4.69, 9.17) is 14.2 Å². The number of nitrogens with one attached hydrogen (secondary N) is 1. The first-order valence-electron chi connectivity index (χ1n) is 7.18. The summed E-state index contributed by atoms with van der Waals surface area (Å²) in [6.07, 6.45) is -0.155. The first-order chi connectivity index (χ1) is 11.1. The molecule has 0 radical (unpaired) electrons. The number of ether oxygens (including phenoxy) is 3. The van der Waals surface area contributed by atoms with Crippen LogP contribution in [0.15, 0.2) is 30.3 Å². The molecule has 23 heavy (non-hydrogen) atoms. The standard InChI is InChI=1S/C17H21NO4S/c1-11-5-8-16(23-11)15(22-4)10-18-17(19)12-6-7-13(20-2)14(9-12)21-3/h5-9,15H,10H2,1-4H3,(H,18,19). The number of benzene rings is 1. The van der Waals surface area contributed by atoms with Crippen LogP contribution in [0.3, 0.4) is 0 Å². The van der Waals surface area contributed by atoms with Crippen LogP contribution in [0.25, 0.3) is 0 Å². The van der Waals surface area contributed by atoms with Crippen molar-refractivity contribution in [1.82, 2.24) is 5.32 Å². The van der Waals surface area contributed by atoms with Gasteiger partial charge in [-0.3, -0.25) is 4.79 Å². The van der Waals surface area contributed by atoms with E-state index in [0.717, 1.165) is 4.88 Å². The van der Waals surface area contributed by atoms with Crippen molar-refractivity contribution in [3.63, 3.8) is 0 Å². The smallest absolute Gasteiger partial charge is 0.251 e. The van der Waals surface area contributed by atoms with Crippen LogP contribution in [-0.2, 0) is 4.74 Å². The summed E-state index contributed by atoms with van der Waals surface area (Å²) in [7, 11) is 4.74. The molecule has 0 aliphatic rings. The van der Waals surface area contributed by atoms with Gasteiger partial charge in [-0.2, -0.15) is 0 Å². The van der Waals surface area contributed by atoms with Crippen LogP contribution in [0.5, 0.6) is 11.5 Å². The van der Waals surface area contributed by atoms with Gasteiger partial charge in [-0.05, 0) is 37.3 Å². The van der Waals surface area contributed by atoms with Crippen molar-refractivity contribution < 1.29 is 19.0 Å². The molecule has 1 unspecified atom stereocenters. The van der Waals surface area contributed by atoms with E-state index in [0.29, 0.717) is 23.6 Å². The molecule has 0 aliphatic carbocycles. The SMILES string of the molecule is COc1ccc(C(=O)NCC(OC)c2ccc(C)s2)cc1OC. The first-order valence-corrected chi connectivity index (χ1v) is 8.00. The molecule has 1 aromatic carbocycles. The van der Waals surface area contributed by atoms with Gasteiger partial charge in [-0.25, -0.2) is 0 Å². The summed E-state index contributed by atoms with van der Waals surface area (Å²) in [5.41, 5.74) is 0.514. The summed E-state index contributed by atoms with van der Waals surface area (Å²) in [4.78, 5) is 14.6. The first kappa shape index (κ1) is 17.3. The van der Waals surface area contributed by atoms with Crippen molar-refractivity contribution in [2.75, 3.05) is 27.9 Å². The Morgan fingerprint density at radius 1 is 1.13 bits per heavy atom. The molecule has 0 saturated heterocycles. The van der Waals surface area contributed by atoms with Gasteiger partial charge in [0, 0.05) is 29.0 Å². The molecular formula is C17H21NO4S. The van der Waals surface area contributed by atoms with E-state index in [2.05, 4.69) is 5.32 Å². The Bertz CT molecular complexity index is 668. The molecule has 0 spiro atoms. The fourth-order valence-electron chi connectivity index (χ4n) is 2.19. The zero-order chi connectivity index (χ0) is 16.8. The Kier molecular flexibility index (Phi) is 6.01. The minimum Gasteiger partial charge on any atom is -0.493 e. The van der Waals surface area contributed by atoms with Gasteiger partial charge in [0.25, 0.3) is 5.91 Å². The molecule has 1 aromatic heterocycles. The lowest BCUT2D eigenvalue weighted by molar-refractivity contribution is 0.0837. The van der Waals surface area contributed by atoms with E-state index in [-0.39, 0.29) is 12.0 Å². The van der Waals surface area contributed by atoms with Crippen molar-refractivity contribution in [2.45, 2.75) is 13.0 Å². The third kappa shape index (κ3) is 4.24. The quantitative estimate of drug-likeness (QED) is 0.844. The average Bonchev–Trinajstić information content (AvgIpc) is 3.00. The highest BCUT2D eigenvalue weighted by atomic mass is 32.1. The maximum absolute atomic E-state index is 12.3. The van der Waals surface area contributed by atoms with Gasteiger partial charge in [0.05, 0.1) is 14.2 Å². The largest absolute Gasteiger partial charge is 0.493 e. The average molecular weight is 335 g/mol. The zero-order valence-corrected chi connectivity index (χ0v) is 14.5. The van der Waals surface area contributed by atoms with Crippen LogP contribution in [-0.4, -0.2) is 33.8 Å². The number of aryl methyl sites for hydroxylation is 1. The van der Waals surface area contributed by atoms with E-state index < -0.39 is 0 Å². The molecule has 1 atom stereocenters. The molecule has 0 bridgehead atoms. The molecule has 1 N–H and O–H groups in total. The van der Waals surface area contributed by atoms with Crippen LogP contribution >= 0.6 is 11.3 Å². The second-order valence-corrected chi connectivity index (χ2v) is 6.27. The summed E-state index contributed by atoms with van der Waals surface area (Å²) >= 11 is 1.67. The molecule has 2 aromatic rings. The van der Waals surface area contributed by atoms with Crippen molar-refractivity contribution in [3.8, 4) is 11.5 Å². The Morgan fingerprint density at radius 3 is 2.43 bits per heavy atom. The molecular weight excluding hydrogens is 314 g/mol. The van der Waals surface area contributed by atoms with Crippen LogP contribution in [0.1, 0.15) is 26.2 Å². The summed E-state index contributed by atoms with van der Waals surface area (Å²) < 4.78 is 15.9. The highest BCUT2D eigenvalue weighted by molar-refractivity contribution is 7.12. The fourth-order valence-corrected chi connectivity index (χ4v) is 3.15. The topological polar surface area (TPSA) is 56.8 Å². The third-order valence-electron chi connectivity index (χ3n) is 3.46. The number of carbonyl (C=O) groups is 1. The second-order valence-electron chi connectivity index (χ2n) is 4.95. The molecule has 0 aliphatic heterocycles. The summed E-state index contributed by atoms with van der Waals surface area (Å²) in [6.45, 7) is 2.45. The predicted molar refractivity (Wildman–Crippen MR) is 90.7 cm³/mol. The highest BCUT2D eigenvalue weighted by Gasteiger charge is 2.16. The number of thiophene rings is 1. The summed E-state index contributed by atoms with van der Waals surface area (Å²) in [5, 5.41) is 2.89. The minimum absolute atomic E-state index is 0.155. The normalized spacial score (nSPS) is 11.8. The number of carbonyl (C=O) groups excluding carboxylic acids is 1. The van der Waals surface area contributed by atoms with Crippen LogP contribution in [0, 0.1) is 6.92 Å². The van der Waals surface area contributed by atoms with Crippen LogP contribution < -0.4 is 14.8 Å². The molecule has 0 fully saturated rings. The molecule has 1 heterocycles. The lowest BCUT2D eigenvalue weighted by atomic mass is 10.2. The van der Waals surface area contributed by atoms with Gasteiger partial charge < -0.3 is 19.5 Å². The molecule has 1 amide bonds. The minimum atomic E-state index is -0.179. The van der Waals surface area contributed by atoms with E-state index >= 15 is 0 Å². The van der Waals surface area contributed by atoms with Gasteiger partial charge >= 0.3 is 0 Å². The third-order valence-corrected chi connectivity index (χ3v) is 4.55. The Hall–Kier alpha value is -2.05. The number of hydrogen-bond donors (Lipinski definition) is 1. The van der Waals surface area contributed by atoms with Crippen LogP contribution in [0.2, 0.25) is 0 Å². The van der Waals surface area contributed by atoms with Crippen molar-refractivity contribution in [1.29, 1.82) is 0 Å². The van der Waals surface area contributed by atoms with E-state index in [1.165, 1.54) is 4.88 Å². The van der Waals surface area contributed by atoms with Crippen molar-refractivity contribution >= 4 is 17.2 Å². The molecule has 124 valence electrons. The van der Waals surface area contributed by atoms with Gasteiger partial charge in [0.15, 0.2) is 11.5 Å². The van der Waals surface area contributed by atoms with Gasteiger partial charge in [0.1, 0.15) is 6.10 Å². The Balaban J connectivity index is 2.04. The maximum Gasteiger partial charge on any atom is 0.251 e. The van der Waals surface area contributed by atoms with Crippen molar-refractivity contribution in [2.24, 2.45) is 0 Å². The maximum atomic E-state index is 12.3. The molecule has 0 saturated carbocycles. The van der Waals surface area contributed by atoms with E-state index in [9.17, 15) is 4.79 Å². The van der Waals surface area contributed by atoms with Gasteiger partial charge in [-0.1, -0.05) is 0 Å². The highest BCUT2D eigenvalue weighted by Crippen LogP contribution is 2.28. The fraction of sp³-hybridized carbons (Fsp3) is 0.353.